The van der Waals surface area contributed by atoms with Crippen molar-refractivity contribution in [2.45, 2.75) is 49.5 Å². The van der Waals surface area contributed by atoms with Crippen molar-refractivity contribution >= 4 is 23.5 Å². The highest BCUT2D eigenvalue weighted by Crippen LogP contribution is 2.63. The molecule has 0 saturated carbocycles. The lowest BCUT2D eigenvalue weighted by atomic mass is 9.69. The largest absolute Gasteiger partial charge is 0.481 e. The number of rotatable bonds is 2. The third-order valence-corrected chi connectivity index (χ3v) is 7.60. The Labute approximate surface area is 167 Å². The van der Waals surface area contributed by atoms with E-state index in [1.807, 2.05) is 41.3 Å². The van der Waals surface area contributed by atoms with E-state index in [1.165, 1.54) is 0 Å². The van der Waals surface area contributed by atoms with E-state index in [0.717, 1.165) is 17.7 Å². The molecule has 0 aliphatic carbocycles. The zero-order chi connectivity index (χ0) is 20.1. The van der Waals surface area contributed by atoms with Crippen molar-refractivity contribution in [3.05, 3.63) is 42.0 Å². The van der Waals surface area contributed by atoms with E-state index < -0.39 is 29.0 Å². The first-order valence-corrected chi connectivity index (χ1v) is 10.2. The van der Waals surface area contributed by atoms with E-state index >= 15 is 0 Å². The normalized spacial score (nSPS) is 41.7. The standard InChI is InChI=1S/C22H22N2O5/c1-21-8-9-22(29-21)15-11-14(23-10-4-7-16(23)25)12-5-2-3-6-13(12)24(15)19(26)17(22)18(21)20(27)28/h2-3,5-6,8-9,14-15,17-18H,4,7,10-11H2,1H3,(H,27,28)/t14-,15-,17-,18+,21+,22+/m0/s1. The molecular formula is C22H22N2O5. The summed E-state index contributed by atoms with van der Waals surface area (Å²) in [6.45, 7) is 2.46. The number of carbonyl (C=O) groups excluding carboxylic acids is 2. The minimum Gasteiger partial charge on any atom is -0.481 e. The highest BCUT2D eigenvalue weighted by atomic mass is 16.5. The number of para-hydroxylation sites is 1. The molecule has 29 heavy (non-hydrogen) atoms. The third kappa shape index (κ3) is 1.89. The van der Waals surface area contributed by atoms with Crippen LogP contribution >= 0.6 is 0 Å². The van der Waals surface area contributed by atoms with Gasteiger partial charge in [-0.2, -0.15) is 0 Å². The number of aliphatic carboxylic acids is 1. The number of anilines is 1. The Kier molecular flexibility index (Phi) is 3.13. The van der Waals surface area contributed by atoms with Crippen LogP contribution in [0.1, 0.15) is 37.8 Å². The molecule has 3 saturated heterocycles. The van der Waals surface area contributed by atoms with Gasteiger partial charge in [0.05, 0.1) is 23.6 Å². The van der Waals surface area contributed by atoms with Crippen molar-refractivity contribution in [3.8, 4) is 0 Å². The molecule has 6 atom stereocenters. The van der Waals surface area contributed by atoms with Crippen LogP contribution in [-0.4, -0.2) is 51.6 Å². The van der Waals surface area contributed by atoms with Gasteiger partial charge in [-0.25, -0.2) is 0 Å². The van der Waals surface area contributed by atoms with Gasteiger partial charge < -0.3 is 19.6 Å². The van der Waals surface area contributed by atoms with Crippen molar-refractivity contribution in [2.24, 2.45) is 11.8 Å². The molecule has 0 aromatic heterocycles. The Morgan fingerprint density at radius 2 is 2.03 bits per heavy atom. The van der Waals surface area contributed by atoms with Crippen LogP contribution in [0.25, 0.3) is 0 Å². The van der Waals surface area contributed by atoms with E-state index in [9.17, 15) is 19.5 Å². The number of likely N-dealkylation sites (tertiary alicyclic amines) is 1. The molecule has 0 radical (unpaired) electrons. The summed E-state index contributed by atoms with van der Waals surface area (Å²) in [6, 6.07) is 7.23. The Bertz CT molecular complexity index is 1000. The maximum atomic E-state index is 13.6. The smallest absolute Gasteiger partial charge is 0.310 e. The van der Waals surface area contributed by atoms with Crippen LogP contribution in [0.2, 0.25) is 0 Å². The van der Waals surface area contributed by atoms with Crippen molar-refractivity contribution in [1.29, 1.82) is 0 Å². The van der Waals surface area contributed by atoms with E-state index in [1.54, 1.807) is 11.8 Å². The van der Waals surface area contributed by atoms with Crippen LogP contribution in [0, 0.1) is 11.8 Å². The maximum Gasteiger partial charge on any atom is 0.310 e. The van der Waals surface area contributed by atoms with Crippen LogP contribution in [0.15, 0.2) is 36.4 Å². The number of nitrogens with zero attached hydrogens (tertiary/aromatic N) is 2. The summed E-state index contributed by atoms with van der Waals surface area (Å²) in [5, 5.41) is 9.91. The maximum absolute atomic E-state index is 13.6. The van der Waals surface area contributed by atoms with Gasteiger partial charge in [0.25, 0.3) is 0 Å². The molecule has 7 nitrogen and oxygen atoms in total. The fraction of sp³-hybridized carbons (Fsp3) is 0.500. The fourth-order valence-corrected chi connectivity index (χ4v) is 6.48. The topological polar surface area (TPSA) is 87.2 Å². The zero-order valence-electron chi connectivity index (χ0n) is 16.1. The number of amides is 2. The van der Waals surface area contributed by atoms with E-state index in [-0.39, 0.29) is 23.9 Å². The van der Waals surface area contributed by atoms with Crippen LogP contribution in [0.5, 0.6) is 0 Å². The van der Waals surface area contributed by atoms with Gasteiger partial charge in [0.1, 0.15) is 11.5 Å². The molecule has 3 fully saturated rings. The summed E-state index contributed by atoms with van der Waals surface area (Å²) in [6.07, 6.45) is 5.67. The molecule has 1 N–H and O–H groups in total. The Hall–Kier alpha value is -2.67. The van der Waals surface area contributed by atoms with E-state index in [2.05, 4.69) is 0 Å². The van der Waals surface area contributed by atoms with Crippen molar-refractivity contribution in [1.82, 2.24) is 4.90 Å². The molecule has 150 valence electrons. The van der Waals surface area contributed by atoms with Crippen LogP contribution in [0.3, 0.4) is 0 Å². The number of benzene rings is 1. The molecule has 2 bridgehead atoms. The quantitative estimate of drug-likeness (QED) is 0.774. The summed E-state index contributed by atoms with van der Waals surface area (Å²) in [5.41, 5.74) is -0.199. The lowest BCUT2D eigenvalue weighted by Crippen LogP contribution is -2.51. The average molecular weight is 394 g/mol. The summed E-state index contributed by atoms with van der Waals surface area (Å²) in [4.78, 5) is 41.9. The highest BCUT2D eigenvalue weighted by molar-refractivity contribution is 6.04. The Morgan fingerprint density at radius 1 is 1.24 bits per heavy atom. The highest BCUT2D eigenvalue weighted by Gasteiger charge is 2.75. The molecule has 1 aromatic rings. The second-order valence-corrected chi connectivity index (χ2v) is 8.99. The average Bonchev–Trinajstić information content (AvgIpc) is 3.39. The van der Waals surface area contributed by atoms with Crippen LogP contribution in [-0.2, 0) is 19.1 Å². The molecule has 6 rings (SSSR count). The fourth-order valence-electron chi connectivity index (χ4n) is 6.48. The van der Waals surface area contributed by atoms with Gasteiger partial charge in [-0.15, -0.1) is 0 Å². The number of ether oxygens (including phenoxy) is 1. The lowest BCUT2D eigenvalue weighted by molar-refractivity contribution is -0.148. The third-order valence-electron chi connectivity index (χ3n) is 7.60. The van der Waals surface area contributed by atoms with Gasteiger partial charge in [0.15, 0.2) is 0 Å². The summed E-state index contributed by atoms with van der Waals surface area (Å²) >= 11 is 0. The van der Waals surface area contributed by atoms with Crippen molar-refractivity contribution in [3.63, 3.8) is 0 Å². The van der Waals surface area contributed by atoms with Gasteiger partial charge in [-0.1, -0.05) is 30.4 Å². The minimum atomic E-state index is -1.00. The van der Waals surface area contributed by atoms with Gasteiger partial charge in [0.2, 0.25) is 11.8 Å². The summed E-state index contributed by atoms with van der Waals surface area (Å²) < 4.78 is 6.38. The number of fused-ring (bicyclic) bond motifs is 4. The molecule has 5 aliphatic heterocycles. The zero-order valence-corrected chi connectivity index (χ0v) is 16.1. The number of carbonyl (C=O) groups is 3. The lowest BCUT2D eigenvalue weighted by Gasteiger charge is -2.44. The Balaban J connectivity index is 1.52. The second-order valence-electron chi connectivity index (χ2n) is 8.99. The molecule has 1 spiro atoms. The SMILES string of the molecule is C[C@]12C=C[C@]3(O1)[C@H](C(=O)N1c4ccccc4[C@@H](N4CCCC4=O)C[C@H]13)[C@@H]2C(=O)O. The molecule has 2 amide bonds. The Morgan fingerprint density at radius 3 is 2.76 bits per heavy atom. The molecule has 5 heterocycles. The van der Waals surface area contributed by atoms with Crippen LogP contribution < -0.4 is 4.90 Å². The number of hydrogen-bond donors (Lipinski definition) is 1. The van der Waals surface area contributed by atoms with E-state index in [0.29, 0.717) is 19.4 Å². The van der Waals surface area contributed by atoms with Gasteiger partial charge >= 0.3 is 5.97 Å². The number of carboxylic acid groups (broad SMARTS) is 1. The first-order valence-electron chi connectivity index (χ1n) is 10.2. The van der Waals surface area contributed by atoms with Crippen molar-refractivity contribution < 1.29 is 24.2 Å². The molecule has 0 unspecified atom stereocenters. The van der Waals surface area contributed by atoms with Crippen molar-refractivity contribution in [2.75, 3.05) is 11.4 Å². The second kappa shape index (κ2) is 5.27. The van der Waals surface area contributed by atoms with E-state index in [4.69, 9.17) is 4.74 Å². The molecule has 5 aliphatic rings. The monoisotopic (exact) mass is 394 g/mol. The first-order chi connectivity index (χ1) is 13.9. The predicted molar refractivity (Wildman–Crippen MR) is 102 cm³/mol. The number of hydrogen-bond acceptors (Lipinski definition) is 4. The summed E-state index contributed by atoms with van der Waals surface area (Å²) in [7, 11) is 0. The molecule has 1 aromatic carbocycles. The van der Waals surface area contributed by atoms with Gasteiger partial charge in [0, 0.05) is 18.7 Å². The van der Waals surface area contributed by atoms with Crippen LogP contribution in [0.4, 0.5) is 5.69 Å². The van der Waals surface area contributed by atoms with Gasteiger partial charge in [-0.3, -0.25) is 14.4 Å². The molecule has 7 heteroatoms. The molecular weight excluding hydrogens is 372 g/mol. The summed E-state index contributed by atoms with van der Waals surface area (Å²) in [5.74, 6) is -2.71. The predicted octanol–water partition coefficient (Wildman–Crippen LogP) is 1.88. The first kappa shape index (κ1) is 17.2. The number of carboxylic acids is 1. The van der Waals surface area contributed by atoms with Gasteiger partial charge in [-0.05, 0) is 31.4 Å². The minimum absolute atomic E-state index is 0.129.